The second kappa shape index (κ2) is 4.77. The van der Waals surface area contributed by atoms with Crippen LogP contribution in [0.1, 0.15) is 0 Å². The van der Waals surface area contributed by atoms with Crippen LogP contribution >= 0.6 is 27.3 Å². The average Bonchev–Trinajstić information content (AvgIpc) is 2.62. The predicted octanol–water partition coefficient (Wildman–Crippen LogP) is 4.05. The molecule has 1 aromatic carbocycles. The lowest BCUT2D eigenvalue weighted by Gasteiger charge is -2.12. The van der Waals surface area contributed by atoms with Crippen LogP contribution in [0.3, 0.4) is 0 Å². The summed E-state index contributed by atoms with van der Waals surface area (Å²) in [7, 11) is 0. The normalized spacial score (nSPS) is 11.6. The van der Waals surface area contributed by atoms with Crippen molar-refractivity contribution >= 4 is 32.4 Å². The molecule has 0 saturated carbocycles. The number of anilines is 1. The second-order valence-electron chi connectivity index (χ2n) is 3.25. The van der Waals surface area contributed by atoms with E-state index in [1.807, 2.05) is 0 Å². The molecule has 0 radical (unpaired) electrons. The summed E-state index contributed by atoms with van der Waals surface area (Å²) in [4.78, 5) is 4.31. The molecule has 1 aromatic heterocycles. The Morgan fingerprint density at radius 1 is 1.33 bits per heavy atom. The van der Waals surface area contributed by atoms with Crippen LogP contribution in [0.2, 0.25) is 0 Å². The molecule has 3 nitrogen and oxygen atoms in total. The van der Waals surface area contributed by atoms with E-state index in [2.05, 4.69) is 25.7 Å². The largest absolute Gasteiger partial charge is 0.573 e. The van der Waals surface area contributed by atoms with Gasteiger partial charge in [0.2, 0.25) is 0 Å². The van der Waals surface area contributed by atoms with Crippen LogP contribution < -0.4 is 10.5 Å². The Morgan fingerprint density at radius 2 is 2.06 bits per heavy atom. The molecule has 0 amide bonds. The van der Waals surface area contributed by atoms with E-state index in [-0.39, 0.29) is 10.9 Å². The van der Waals surface area contributed by atoms with Crippen molar-refractivity contribution in [2.24, 2.45) is 0 Å². The highest BCUT2D eigenvalue weighted by Crippen LogP contribution is 2.38. The summed E-state index contributed by atoms with van der Waals surface area (Å²) in [6.45, 7) is 0. The van der Waals surface area contributed by atoms with E-state index in [4.69, 9.17) is 5.73 Å². The van der Waals surface area contributed by atoms with Gasteiger partial charge in [-0.2, -0.15) is 0 Å². The average molecular weight is 339 g/mol. The summed E-state index contributed by atoms with van der Waals surface area (Å²) in [5.41, 5.74) is 5.75. The molecule has 0 aliphatic heterocycles. The van der Waals surface area contributed by atoms with Gasteiger partial charge in [0, 0.05) is 16.2 Å². The lowest BCUT2D eigenvalue weighted by atomic mass is 10.2. The summed E-state index contributed by atoms with van der Waals surface area (Å²) < 4.78 is 41.4. The first-order chi connectivity index (χ1) is 8.35. The van der Waals surface area contributed by atoms with E-state index in [0.717, 1.165) is 11.3 Å². The quantitative estimate of drug-likeness (QED) is 0.898. The monoisotopic (exact) mass is 338 g/mol. The SMILES string of the molecule is Nc1ncc(-c2ccc(Br)cc2OC(F)(F)F)s1. The molecule has 8 heteroatoms. The van der Waals surface area contributed by atoms with Crippen LogP contribution in [0.25, 0.3) is 10.4 Å². The third-order valence-electron chi connectivity index (χ3n) is 1.96. The molecule has 0 bridgehead atoms. The summed E-state index contributed by atoms with van der Waals surface area (Å²) >= 11 is 4.19. The first-order valence-electron chi connectivity index (χ1n) is 4.62. The molecule has 96 valence electrons. The summed E-state index contributed by atoms with van der Waals surface area (Å²) in [5.74, 6) is -0.291. The van der Waals surface area contributed by atoms with Crippen LogP contribution in [0.5, 0.6) is 5.75 Å². The second-order valence-corrected chi connectivity index (χ2v) is 5.23. The minimum atomic E-state index is -4.74. The Bertz CT molecular complexity index is 570. The predicted molar refractivity (Wildman–Crippen MR) is 66.3 cm³/mol. The highest BCUT2D eigenvalue weighted by Gasteiger charge is 2.32. The number of nitrogen functional groups attached to an aromatic ring is 1. The van der Waals surface area contributed by atoms with Gasteiger partial charge in [0.25, 0.3) is 0 Å². The molecule has 2 N–H and O–H groups in total. The minimum Gasteiger partial charge on any atom is -0.405 e. The van der Waals surface area contributed by atoms with Gasteiger partial charge in [0.1, 0.15) is 5.75 Å². The van der Waals surface area contributed by atoms with E-state index in [1.165, 1.54) is 18.3 Å². The molecular formula is C10H6BrF3N2OS. The van der Waals surface area contributed by atoms with Crippen molar-refractivity contribution in [2.75, 3.05) is 5.73 Å². The van der Waals surface area contributed by atoms with Crippen LogP contribution in [0.15, 0.2) is 28.9 Å². The van der Waals surface area contributed by atoms with Crippen molar-refractivity contribution in [2.45, 2.75) is 6.36 Å². The van der Waals surface area contributed by atoms with Gasteiger partial charge in [-0.05, 0) is 18.2 Å². The van der Waals surface area contributed by atoms with Gasteiger partial charge < -0.3 is 10.5 Å². The van der Waals surface area contributed by atoms with Crippen molar-refractivity contribution in [3.63, 3.8) is 0 Å². The maximum atomic E-state index is 12.3. The third-order valence-corrected chi connectivity index (χ3v) is 3.31. The fraction of sp³-hybridized carbons (Fsp3) is 0.100. The number of nitrogens with two attached hydrogens (primary N) is 1. The van der Waals surface area contributed by atoms with Gasteiger partial charge in [0.15, 0.2) is 5.13 Å². The fourth-order valence-electron chi connectivity index (χ4n) is 1.32. The summed E-state index contributed by atoms with van der Waals surface area (Å²) in [5, 5.41) is 0.283. The topological polar surface area (TPSA) is 48.1 Å². The number of aromatic nitrogens is 1. The van der Waals surface area contributed by atoms with Gasteiger partial charge in [-0.15, -0.1) is 13.2 Å². The van der Waals surface area contributed by atoms with Crippen molar-refractivity contribution in [3.05, 3.63) is 28.9 Å². The zero-order valence-corrected chi connectivity index (χ0v) is 11.1. The number of rotatable bonds is 2. The highest BCUT2D eigenvalue weighted by molar-refractivity contribution is 9.10. The van der Waals surface area contributed by atoms with E-state index in [0.29, 0.717) is 14.9 Å². The van der Waals surface area contributed by atoms with Crippen LogP contribution in [-0.4, -0.2) is 11.3 Å². The lowest BCUT2D eigenvalue weighted by molar-refractivity contribution is -0.274. The van der Waals surface area contributed by atoms with Gasteiger partial charge in [0.05, 0.1) is 4.88 Å². The molecule has 0 saturated heterocycles. The molecule has 1 heterocycles. The molecular weight excluding hydrogens is 333 g/mol. The third kappa shape index (κ3) is 3.14. The van der Waals surface area contributed by atoms with Crippen molar-refractivity contribution in [3.8, 4) is 16.2 Å². The smallest absolute Gasteiger partial charge is 0.405 e. The van der Waals surface area contributed by atoms with Gasteiger partial charge in [-0.3, -0.25) is 0 Å². The first kappa shape index (κ1) is 13.2. The van der Waals surface area contributed by atoms with Crippen molar-refractivity contribution in [1.82, 2.24) is 4.98 Å². The number of halogens is 4. The molecule has 0 aliphatic carbocycles. The minimum absolute atomic E-state index is 0.283. The highest BCUT2D eigenvalue weighted by atomic mass is 79.9. The molecule has 2 aromatic rings. The molecule has 18 heavy (non-hydrogen) atoms. The maximum Gasteiger partial charge on any atom is 0.573 e. The molecule has 0 fully saturated rings. The van der Waals surface area contributed by atoms with E-state index >= 15 is 0 Å². The Morgan fingerprint density at radius 3 is 2.61 bits per heavy atom. The Kier molecular flexibility index (Phi) is 3.49. The first-order valence-corrected chi connectivity index (χ1v) is 6.23. The van der Waals surface area contributed by atoms with Gasteiger partial charge >= 0.3 is 6.36 Å². The Labute approximate surface area is 113 Å². The number of thiazole rings is 1. The van der Waals surface area contributed by atoms with Gasteiger partial charge in [-0.1, -0.05) is 27.3 Å². The lowest BCUT2D eigenvalue weighted by Crippen LogP contribution is -2.17. The molecule has 0 unspecified atom stereocenters. The van der Waals surface area contributed by atoms with Gasteiger partial charge in [-0.25, -0.2) is 4.98 Å². The van der Waals surface area contributed by atoms with Crippen LogP contribution in [-0.2, 0) is 0 Å². The maximum absolute atomic E-state index is 12.3. The number of benzene rings is 1. The number of alkyl halides is 3. The van der Waals surface area contributed by atoms with Crippen molar-refractivity contribution < 1.29 is 17.9 Å². The van der Waals surface area contributed by atoms with Crippen molar-refractivity contribution in [1.29, 1.82) is 0 Å². The number of ether oxygens (including phenoxy) is 1. The fourth-order valence-corrected chi connectivity index (χ4v) is 2.38. The van der Waals surface area contributed by atoms with Crippen LogP contribution in [0.4, 0.5) is 18.3 Å². The van der Waals surface area contributed by atoms with Crippen LogP contribution in [0, 0.1) is 0 Å². The molecule has 0 aliphatic rings. The number of hydrogen-bond donors (Lipinski definition) is 1. The Balaban J connectivity index is 2.47. The van der Waals surface area contributed by atoms with E-state index < -0.39 is 6.36 Å². The molecule has 0 spiro atoms. The zero-order valence-electron chi connectivity index (χ0n) is 8.66. The number of hydrogen-bond acceptors (Lipinski definition) is 4. The molecule has 2 rings (SSSR count). The Hall–Kier alpha value is -1.28. The summed E-state index contributed by atoms with van der Waals surface area (Å²) in [6.07, 6.45) is -3.34. The summed E-state index contributed by atoms with van der Waals surface area (Å²) in [6, 6.07) is 4.38. The van der Waals surface area contributed by atoms with E-state index in [1.54, 1.807) is 6.07 Å². The zero-order chi connectivity index (χ0) is 13.3. The van der Waals surface area contributed by atoms with E-state index in [9.17, 15) is 13.2 Å². The molecule has 0 atom stereocenters. The standard InChI is InChI=1S/C10H6BrF3N2OS/c11-5-1-2-6(8-4-16-9(15)18-8)7(3-5)17-10(12,13)14/h1-4H,(H2,15,16). The number of nitrogens with zero attached hydrogens (tertiary/aromatic N) is 1.